The lowest BCUT2D eigenvalue weighted by molar-refractivity contribution is -0.120. The summed E-state index contributed by atoms with van der Waals surface area (Å²) in [6, 6.07) is 15.8. The number of hydrogen-bond donors (Lipinski definition) is 2. The zero-order valence-electron chi connectivity index (χ0n) is 17.0. The van der Waals surface area contributed by atoms with Crippen molar-refractivity contribution in [2.45, 2.75) is 31.8 Å². The summed E-state index contributed by atoms with van der Waals surface area (Å²) in [5.41, 5.74) is 3.67. The molecule has 158 valence electrons. The Labute approximate surface area is 189 Å². The molecular weight excluding hydrogens is 426 g/mol. The molecule has 1 aliphatic carbocycles. The van der Waals surface area contributed by atoms with Crippen LogP contribution in [0.3, 0.4) is 0 Å². The van der Waals surface area contributed by atoms with E-state index in [2.05, 4.69) is 21.6 Å². The molecule has 3 heterocycles. The molecule has 0 saturated carbocycles. The Morgan fingerprint density at radius 1 is 1.06 bits per heavy atom. The first-order valence-corrected chi connectivity index (χ1v) is 12.2. The van der Waals surface area contributed by atoms with Crippen molar-refractivity contribution in [3.05, 3.63) is 80.3 Å². The number of thiophene rings is 2. The summed E-state index contributed by atoms with van der Waals surface area (Å²) in [5, 5.41) is 10.6. The minimum Gasteiger partial charge on any atom is -0.357 e. The quantitative estimate of drug-likeness (QED) is 0.569. The summed E-state index contributed by atoms with van der Waals surface area (Å²) in [7, 11) is 0. The van der Waals surface area contributed by atoms with E-state index in [1.807, 2.05) is 53.2 Å². The van der Waals surface area contributed by atoms with Crippen LogP contribution in [0.1, 0.15) is 35.1 Å². The molecule has 0 saturated heterocycles. The number of para-hydroxylation sites is 2. The average molecular weight is 450 g/mol. The summed E-state index contributed by atoms with van der Waals surface area (Å²) in [5.74, 6) is 0.112. The standard InChI is InChI=1S/C24H23N3O2S2/c28-20-10-3-8-18-23(20)24(21-11-5-13-31-21)27(19-9-2-1-7-17(19)26-18)15-22(29)25-14-16-6-4-12-30-16/h1-2,4-7,9,11-13,24,26H,3,8,10,14-15H2,(H,25,29). The van der Waals surface area contributed by atoms with Crippen molar-refractivity contribution < 1.29 is 9.59 Å². The number of benzene rings is 1. The maximum Gasteiger partial charge on any atom is 0.239 e. The van der Waals surface area contributed by atoms with Gasteiger partial charge in [-0.15, -0.1) is 22.7 Å². The lowest BCUT2D eigenvalue weighted by Crippen LogP contribution is -2.40. The molecule has 2 aliphatic rings. The Morgan fingerprint density at radius 3 is 2.71 bits per heavy atom. The van der Waals surface area contributed by atoms with Gasteiger partial charge >= 0.3 is 0 Å². The number of amides is 1. The lowest BCUT2D eigenvalue weighted by atomic mass is 9.88. The summed E-state index contributed by atoms with van der Waals surface area (Å²) in [6.07, 6.45) is 2.25. The number of rotatable bonds is 5. The number of fused-ring (bicyclic) bond motifs is 1. The molecule has 0 fully saturated rings. The van der Waals surface area contributed by atoms with E-state index in [0.29, 0.717) is 13.0 Å². The van der Waals surface area contributed by atoms with Crippen molar-refractivity contribution in [2.75, 3.05) is 16.8 Å². The normalized spacial score (nSPS) is 18.1. The highest BCUT2D eigenvalue weighted by Crippen LogP contribution is 2.45. The van der Waals surface area contributed by atoms with Gasteiger partial charge in [-0.1, -0.05) is 24.3 Å². The highest BCUT2D eigenvalue weighted by atomic mass is 32.1. The molecule has 7 heteroatoms. The van der Waals surface area contributed by atoms with Crippen LogP contribution >= 0.6 is 22.7 Å². The monoisotopic (exact) mass is 449 g/mol. The van der Waals surface area contributed by atoms with Crippen LogP contribution in [0.25, 0.3) is 0 Å². The largest absolute Gasteiger partial charge is 0.357 e. The fourth-order valence-corrected chi connectivity index (χ4v) is 5.82. The van der Waals surface area contributed by atoms with Crippen molar-refractivity contribution in [3.8, 4) is 0 Å². The first kappa shape index (κ1) is 20.0. The Kier molecular flexibility index (Phi) is 5.61. The van der Waals surface area contributed by atoms with Crippen LogP contribution in [0.4, 0.5) is 11.4 Å². The molecule has 31 heavy (non-hydrogen) atoms. The maximum absolute atomic E-state index is 13.1. The van der Waals surface area contributed by atoms with Crippen molar-refractivity contribution >= 4 is 45.7 Å². The van der Waals surface area contributed by atoms with Gasteiger partial charge in [-0.05, 0) is 47.9 Å². The van der Waals surface area contributed by atoms with E-state index in [-0.39, 0.29) is 24.3 Å². The van der Waals surface area contributed by atoms with Crippen LogP contribution in [0, 0.1) is 0 Å². The minimum absolute atomic E-state index is 0.0583. The number of Topliss-reactive ketones (excluding diaryl/α,β-unsaturated/α-hetero) is 1. The molecule has 1 amide bonds. The Hall–Kier alpha value is -2.90. The molecule has 2 aromatic heterocycles. The number of anilines is 2. The molecule has 1 atom stereocenters. The van der Waals surface area contributed by atoms with E-state index in [4.69, 9.17) is 0 Å². The van der Waals surface area contributed by atoms with E-state index in [0.717, 1.165) is 45.2 Å². The fourth-order valence-electron chi connectivity index (χ4n) is 4.33. The van der Waals surface area contributed by atoms with Crippen LogP contribution in [0.2, 0.25) is 0 Å². The summed E-state index contributed by atoms with van der Waals surface area (Å²) < 4.78 is 0. The van der Waals surface area contributed by atoms with Gasteiger partial charge in [0.1, 0.15) is 0 Å². The Balaban J connectivity index is 1.54. The molecule has 3 aromatic rings. The van der Waals surface area contributed by atoms with Gasteiger partial charge in [0.15, 0.2) is 5.78 Å². The number of carbonyl (C=O) groups is 2. The summed E-state index contributed by atoms with van der Waals surface area (Å²) >= 11 is 3.26. The smallest absolute Gasteiger partial charge is 0.239 e. The molecular formula is C24H23N3O2S2. The number of ketones is 1. The highest BCUT2D eigenvalue weighted by molar-refractivity contribution is 7.10. The highest BCUT2D eigenvalue weighted by Gasteiger charge is 2.37. The van der Waals surface area contributed by atoms with Crippen molar-refractivity contribution in [3.63, 3.8) is 0 Å². The van der Waals surface area contributed by atoms with E-state index < -0.39 is 0 Å². The van der Waals surface area contributed by atoms with Gasteiger partial charge in [0.25, 0.3) is 0 Å². The van der Waals surface area contributed by atoms with Gasteiger partial charge in [-0.2, -0.15) is 0 Å². The predicted octanol–water partition coefficient (Wildman–Crippen LogP) is 5.11. The van der Waals surface area contributed by atoms with Crippen LogP contribution < -0.4 is 15.5 Å². The second-order valence-electron chi connectivity index (χ2n) is 7.71. The topological polar surface area (TPSA) is 61.4 Å². The minimum atomic E-state index is -0.272. The molecule has 1 aromatic carbocycles. The van der Waals surface area contributed by atoms with Crippen molar-refractivity contribution in [1.82, 2.24) is 5.32 Å². The third kappa shape index (κ3) is 4.03. The number of allylic oxidation sites excluding steroid dienone is 1. The third-order valence-corrected chi connectivity index (χ3v) is 7.51. The second kappa shape index (κ2) is 8.69. The van der Waals surface area contributed by atoms with Crippen LogP contribution in [-0.2, 0) is 16.1 Å². The Bertz CT molecular complexity index is 1120. The third-order valence-electron chi connectivity index (χ3n) is 5.71. The molecule has 1 unspecified atom stereocenters. The van der Waals surface area contributed by atoms with Gasteiger partial charge in [0.05, 0.1) is 30.5 Å². The average Bonchev–Trinajstić information content (AvgIpc) is 3.46. The van der Waals surface area contributed by atoms with E-state index >= 15 is 0 Å². The number of carbonyl (C=O) groups excluding carboxylic acids is 2. The van der Waals surface area contributed by atoms with Crippen LogP contribution in [0.5, 0.6) is 0 Å². The van der Waals surface area contributed by atoms with Gasteiger partial charge in [-0.25, -0.2) is 0 Å². The molecule has 0 bridgehead atoms. The second-order valence-corrected chi connectivity index (χ2v) is 9.72. The zero-order chi connectivity index (χ0) is 21.2. The summed E-state index contributed by atoms with van der Waals surface area (Å²) in [4.78, 5) is 30.4. The van der Waals surface area contributed by atoms with Gasteiger partial charge in [0, 0.05) is 27.4 Å². The maximum atomic E-state index is 13.1. The zero-order valence-corrected chi connectivity index (χ0v) is 18.6. The number of nitrogens with zero attached hydrogens (tertiary/aromatic N) is 1. The number of nitrogens with one attached hydrogen (secondary N) is 2. The van der Waals surface area contributed by atoms with Gasteiger partial charge in [0.2, 0.25) is 5.91 Å². The summed E-state index contributed by atoms with van der Waals surface area (Å²) in [6.45, 7) is 0.692. The molecule has 1 aliphatic heterocycles. The Morgan fingerprint density at radius 2 is 1.90 bits per heavy atom. The van der Waals surface area contributed by atoms with Crippen LogP contribution in [-0.4, -0.2) is 18.2 Å². The van der Waals surface area contributed by atoms with E-state index in [9.17, 15) is 9.59 Å². The molecule has 2 N–H and O–H groups in total. The predicted molar refractivity (Wildman–Crippen MR) is 127 cm³/mol. The SMILES string of the molecule is O=C(CN1c2ccccc2NC2=C(C(=O)CCC2)C1c1cccs1)NCc1cccs1. The first-order valence-electron chi connectivity index (χ1n) is 10.4. The van der Waals surface area contributed by atoms with E-state index in [1.165, 1.54) is 0 Å². The molecule has 5 nitrogen and oxygen atoms in total. The lowest BCUT2D eigenvalue weighted by Gasteiger charge is -2.34. The van der Waals surface area contributed by atoms with Crippen molar-refractivity contribution in [1.29, 1.82) is 0 Å². The van der Waals surface area contributed by atoms with Crippen molar-refractivity contribution in [2.24, 2.45) is 0 Å². The molecule has 0 radical (unpaired) electrons. The van der Waals surface area contributed by atoms with Gasteiger partial charge in [-0.3, -0.25) is 9.59 Å². The first-order chi connectivity index (χ1) is 15.2. The molecule has 0 spiro atoms. The van der Waals surface area contributed by atoms with E-state index in [1.54, 1.807) is 22.7 Å². The molecule has 5 rings (SSSR count). The fraction of sp³-hybridized carbons (Fsp3) is 0.250. The number of hydrogen-bond acceptors (Lipinski definition) is 6. The van der Waals surface area contributed by atoms with Crippen LogP contribution in [0.15, 0.2) is 70.6 Å². The van der Waals surface area contributed by atoms with Gasteiger partial charge < -0.3 is 15.5 Å².